The lowest BCUT2D eigenvalue weighted by atomic mass is 10.0. The zero-order valence-corrected chi connectivity index (χ0v) is 22.6. The van der Waals surface area contributed by atoms with Crippen LogP contribution < -0.4 is 10.4 Å². The van der Waals surface area contributed by atoms with Crippen LogP contribution in [0.25, 0.3) is 0 Å². The quantitative estimate of drug-likeness (QED) is 0.282. The first kappa shape index (κ1) is 26.7. The van der Waals surface area contributed by atoms with Crippen molar-refractivity contribution < 1.29 is 19.7 Å². The fourth-order valence-electron chi connectivity index (χ4n) is 4.73. The number of epoxide rings is 1. The van der Waals surface area contributed by atoms with Gasteiger partial charge in [0.2, 0.25) is 0 Å². The van der Waals surface area contributed by atoms with Crippen LogP contribution in [-0.4, -0.2) is 42.6 Å². The van der Waals surface area contributed by atoms with Crippen LogP contribution >= 0.6 is 0 Å². The van der Waals surface area contributed by atoms with Gasteiger partial charge in [0.1, 0.15) is 22.9 Å². The van der Waals surface area contributed by atoms with Crippen molar-refractivity contribution in [2.45, 2.75) is 71.1 Å². The summed E-state index contributed by atoms with van der Waals surface area (Å²) in [5, 5.41) is 23.9. The number of aliphatic hydroxyl groups excluding tert-OH is 1. The van der Waals surface area contributed by atoms with E-state index in [0.717, 1.165) is 41.1 Å². The molecule has 2 unspecified atom stereocenters. The number of aryl methyl sites for hydroxylation is 3. The molecule has 0 spiro atoms. The Morgan fingerprint density at radius 3 is 2.13 bits per heavy atom. The van der Waals surface area contributed by atoms with Crippen molar-refractivity contribution in [2.75, 3.05) is 0 Å². The smallest absolute Gasteiger partial charge is 0.346 e. The molecular formula is C31H35N3O5. The molecule has 39 heavy (non-hydrogen) atoms. The molecule has 5 rings (SSSR count). The molecule has 8 nitrogen and oxygen atoms in total. The maximum absolute atomic E-state index is 13.4. The van der Waals surface area contributed by atoms with Gasteiger partial charge < -0.3 is 19.7 Å². The molecule has 8 heteroatoms. The van der Waals surface area contributed by atoms with Crippen LogP contribution in [0.15, 0.2) is 77.6 Å². The van der Waals surface area contributed by atoms with Crippen LogP contribution in [0.4, 0.5) is 0 Å². The van der Waals surface area contributed by atoms with Crippen molar-refractivity contribution in [3.63, 3.8) is 0 Å². The van der Waals surface area contributed by atoms with E-state index < -0.39 is 11.9 Å². The summed E-state index contributed by atoms with van der Waals surface area (Å²) in [5.41, 5.74) is 3.52. The molecule has 1 saturated heterocycles. The molecule has 2 atom stereocenters. The minimum Gasteiger partial charge on any atom is -0.508 e. The zero-order valence-electron chi connectivity index (χ0n) is 22.6. The van der Waals surface area contributed by atoms with Gasteiger partial charge in [0.15, 0.2) is 12.4 Å². The third kappa shape index (κ3) is 6.58. The van der Waals surface area contributed by atoms with Gasteiger partial charge in [-0.3, -0.25) is 4.57 Å². The predicted octanol–water partition coefficient (Wildman–Crippen LogP) is 4.21. The van der Waals surface area contributed by atoms with E-state index in [0.29, 0.717) is 19.5 Å². The predicted molar refractivity (Wildman–Crippen MR) is 148 cm³/mol. The van der Waals surface area contributed by atoms with Gasteiger partial charge in [-0.05, 0) is 74.6 Å². The Morgan fingerprint density at radius 1 is 0.897 bits per heavy atom. The van der Waals surface area contributed by atoms with Crippen LogP contribution in [0.5, 0.6) is 11.5 Å². The second-order valence-electron chi connectivity index (χ2n) is 10.7. The first-order chi connectivity index (χ1) is 18.7. The first-order valence-electron chi connectivity index (χ1n) is 13.3. The van der Waals surface area contributed by atoms with Crippen LogP contribution in [0.1, 0.15) is 48.3 Å². The number of nitrogens with zero attached hydrogens (tertiary/aromatic N) is 3. The van der Waals surface area contributed by atoms with Gasteiger partial charge in [-0.1, -0.05) is 54.1 Å². The molecule has 1 aliphatic rings. The Labute approximate surface area is 228 Å². The molecule has 3 aromatic carbocycles. The molecule has 4 aromatic rings. The van der Waals surface area contributed by atoms with Crippen molar-refractivity contribution in [3.8, 4) is 11.5 Å². The van der Waals surface area contributed by atoms with Gasteiger partial charge in [-0.2, -0.15) is 5.10 Å². The molecular weight excluding hydrogens is 494 g/mol. The molecule has 0 saturated carbocycles. The van der Waals surface area contributed by atoms with E-state index in [2.05, 4.69) is 0 Å². The van der Waals surface area contributed by atoms with Crippen molar-refractivity contribution in [1.82, 2.24) is 14.3 Å². The molecule has 0 bridgehead atoms. The highest BCUT2D eigenvalue weighted by Crippen LogP contribution is 2.34. The van der Waals surface area contributed by atoms with Gasteiger partial charge in [0.25, 0.3) is 0 Å². The minimum absolute atomic E-state index is 0.146. The average Bonchev–Trinajstić information content (AvgIpc) is 3.60. The molecule has 0 radical (unpaired) electrons. The van der Waals surface area contributed by atoms with E-state index in [9.17, 15) is 15.0 Å². The summed E-state index contributed by atoms with van der Waals surface area (Å²) in [6.07, 6.45) is 1.22. The molecule has 0 aliphatic carbocycles. The first-order valence-corrected chi connectivity index (χ1v) is 13.3. The number of hydrogen-bond acceptors (Lipinski definition) is 6. The van der Waals surface area contributed by atoms with Gasteiger partial charge in [0, 0.05) is 6.42 Å². The number of aromatic hydroxyl groups is 1. The van der Waals surface area contributed by atoms with Crippen molar-refractivity contribution >= 4 is 0 Å². The second-order valence-corrected chi connectivity index (χ2v) is 10.7. The number of phenols is 1. The van der Waals surface area contributed by atoms with E-state index in [-0.39, 0.29) is 17.5 Å². The van der Waals surface area contributed by atoms with Crippen molar-refractivity contribution in [1.29, 1.82) is 0 Å². The van der Waals surface area contributed by atoms with Gasteiger partial charge in [-0.25, -0.2) is 9.48 Å². The van der Waals surface area contributed by atoms with E-state index >= 15 is 0 Å². The van der Waals surface area contributed by atoms with Crippen LogP contribution in [0, 0.1) is 6.92 Å². The van der Waals surface area contributed by atoms with E-state index in [1.807, 2.05) is 81.4 Å². The van der Waals surface area contributed by atoms with Gasteiger partial charge in [-0.15, -0.1) is 0 Å². The molecule has 1 aliphatic heterocycles. The number of aliphatic hydroxyl groups is 1. The average molecular weight is 530 g/mol. The minimum atomic E-state index is -0.758. The Morgan fingerprint density at radius 2 is 1.49 bits per heavy atom. The number of benzene rings is 3. The lowest BCUT2D eigenvalue weighted by Gasteiger charge is -2.24. The Kier molecular flexibility index (Phi) is 7.59. The summed E-state index contributed by atoms with van der Waals surface area (Å²) in [5.74, 6) is 1.66. The molecule has 1 fully saturated rings. The standard InChI is InChI=1S/C31H35N3O5/c1-21-7-9-24(10-8-21)20-34-30(37)33(19-23-11-15-25(35)16-12-23)27(32-34)6-4-5-22-13-17-26(18-14-22)39-31(2,3)28-29(36)38-28/h7-18,28-29,35-36H,4-6,19-20H2,1-3H3. The number of phenolic OH excluding ortho intramolecular Hbond substituents is 1. The van der Waals surface area contributed by atoms with Crippen LogP contribution in [-0.2, 0) is 30.7 Å². The zero-order chi connectivity index (χ0) is 27.6. The third-order valence-electron chi connectivity index (χ3n) is 7.05. The van der Waals surface area contributed by atoms with Crippen LogP contribution in [0.3, 0.4) is 0 Å². The summed E-state index contributed by atoms with van der Waals surface area (Å²) in [6.45, 7) is 6.64. The number of aromatic nitrogens is 3. The van der Waals surface area contributed by atoms with Crippen LogP contribution in [0.2, 0.25) is 0 Å². The SMILES string of the molecule is Cc1ccc(Cn2nc(CCCc3ccc(OC(C)(C)C4OC4O)cc3)n(Cc3ccc(O)cc3)c2=O)cc1. The molecule has 204 valence electrons. The van der Waals surface area contributed by atoms with E-state index in [4.69, 9.17) is 14.6 Å². The monoisotopic (exact) mass is 529 g/mol. The lowest BCUT2D eigenvalue weighted by molar-refractivity contribution is 0.0744. The fourth-order valence-corrected chi connectivity index (χ4v) is 4.73. The van der Waals surface area contributed by atoms with Crippen molar-refractivity contribution in [2.24, 2.45) is 0 Å². The number of rotatable bonds is 11. The molecule has 2 N–H and O–H groups in total. The fraction of sp³-hybridized carbons (Fsp3) is 0.355. The normalized spacial score (nSPS) is 16.8. The van der Waals surface area contributed by atoms with Crippen molar-refractivity contribution in [3.05, 3.63) is 111 Å². The second kappa shape index (κ2) is 11.1. The lowest BCUT2D eigenvalue weighted by Crippen LogP contribution is -2.36. The third-order valence-corrected chi connectivity index (χ3v) is 7.05. The Balaban J connectivity index is 1.27. The molecule has 0 amide bonds. The number of hydrogen-bond donors (Lipinski definition) is 2. The van der Waals surface area contributed by atoms with Gasteiger partial charge >= 0.3 is 5.69 Å². The Hall–Kier alpha value is -3.88. The summed E-state index contributed by atoms with van der Waals surface area (Å²) in [4.78, 5) is 13.4. The topological polar surface area (TPSA) is 102 Å². The molecule has 1 aromatic heterocycles. The van der Waals surface area contributed by atoms with E-state index in [1.165, 1.54) is 10.2 Å². The maximum Gasteiger partial charge on any atom is 0.346 e. The largest absolute Gasteiger partial charge is 0.508 e. The highest BCUT2D eigenvalue weighted by atomic mass is 16.7. The Bertz CT molecular complexity index is 1450. The summed E-state index contributed by atoms with van der Waals surface area (Å²) < 4.78 is 14.5. The summed E-state index contributed by atoms with van der Waals surface area (Å²) in [7, 11) is 0. The number of ether oxygens (including phenoxy) is 2. The summed E-state index contributed by atoms with van der Waals surface area (Å²) in [6, 6.07) is 23.0. The highest BCUT2D eigenvalue weighted by molar-refractivity contribution is 5.29. The summed E-state index contributed by atoms with van der Waals surface area (Å²) >= 11 is 0. The highest BCUT2D eigenvalue weighted by Gasteiger charge is 2.50. The maximum atomic E-state index is 13.4. The molecule has 2 heterocycles. The van der Waals surface area contributed by atoms with E-state index in [1.54, 1.807) is 16.7 Å². The van der Waals surface area contributed by atoms with Gasteiger partial charge in [0.05, 0.1) is 13.1 Å².